The van der Waals surface area contributed by atoms with E-state index in [-0.39, 0.29) is 6.09 Å². The Kier molecular flexibility index (Phi) is 6.39. The van der Waals surface area contributed by atoms with Crippen molar-refractivity contribution < 1.29 is 9.53 Å². The highest BCUT2D eigenvalue weighted by molar-refractivity contribution is 5.80. The molecule has 1 heterocycles. The molecule has 5 nitrogen and oxygen atoms in total. The number of ether oxygens (including phenoxy) is 1. The van der Waals surface area contributed by atoms with Crippen LogP contribution in [0.3, 0.4) is 0 Å². The molecule has 2 N–H and O–H groups in total. The smallest absolute Gasteiger partial charge is 0.410 e. The predicted octanol–water partition coefficient (Wildman–Crippen LogP) is 4.22. The Balaban J connectivity index is 2.00. The molecule has 5 heteroatoms. The van der Waals surface area contributed by atoms with E-state index >= 15 is 0 Å². The van der Waals surface area contributed by atoms with Gasteiger partial charge < -0.3 is 15.4 Å². The molecule has 0 aromatic heterocycles. The number of nitrogens with two attached hydrogens (primary N) is 1. The van der Waals surface area contributed by atoms with Crippen LogP contribution in [-0.2, 0) is 4.74 Å². The van der Waals surface area contributed by atoms with Gasteiger partial charge in [-0.2, -0.15) is 0 Å². The van der Waals surface area contributed by atoms with E-state index in [2.05, 4.69) is 29.8 Å². The SMILES string of the molecule is C=C(N=C/C=C\N)c1ccc(C2=CCN(C(=O)OC(C)(C)C)CC2)cc1. The molecule has 138 valence electrons. The molecular formula is C21H27N3O2. The van der Waals surface area contributed by atoms with E-state index in [9.17, 15) is 4.79 Å². The Labute approximate surface area is 155 Å². The topological polar surface area (TPSA) is 67.9 Å². The Morgan fingerprint density at radius 3 is 2.54 bits per heavy atom. The number of carbonyl (C=O) groups is 1. The summed E-state index contributed by atoms with van der Waals surface area (Å²) in [6, 6.07) is 8.12. The van der Waals surface area contributed by atoms with Crippen LogP contribution in [0.1, 0.15) is 38.3 Å². The Bertz CT molecular complexity index is 738. The number of carbonyl (C=O) groups excluding carboxylic acids is 1. The van der Waals surface area contributed by atoms with Crippen molar-refractivity contribution in [2.45, 2.75) is 32.8 Å². The third-order valence-electron chi connectivity index (χ3n) is 3.88. The quantitative estimate of drug-likeness (QED) is 0.824. The van der Waals surface area contributed by atoms with Crippen molar-refractivity contribution in [2.75, 3.05) is 13.1 Å². The van der Waals surface area contributed by atoms with Crippen LogP contribution < -0.4 is 5.73 Å². The van der Waals surface area contributed by atoms with Crippen LogP contribution in [0.2, 0.25) is 0 Å². The van der Waals surface area contributed by atoms with Gasteiger partial charge in [-0.25, -0.2) is 4.79 Å². The normalized spacial score (nSPS) is 15.3. The zero-order chi connectivity index (χ0) is 19.2. The standard InChI is InChI=1S/C21H27N3O2/c1-16(23-13-5-12-22)17-6-8-18(9-7-17)19-10-14-24(15-11-19)20(25)26-21(2,3)4/h5-10,12-13H,1,11,14-15,22H2,2-4H3/b12-5-,23-13?. The van der Waals surface area contributed by atoms with Gasteiger partial charge in [0.2, 0.25) is 0 Å². The number of rotatable bonds is 4. The largest absolute Gasteiger partial charge is 0.444 e. The summed E-state index contributed by atoms with van der Waals surface area (Å²) in [6.07, 6.45) is 7.33. The van der Waals surface area contributed by atoms with E-state index in [1.807, 2.05) is 32.9 Å². The average molecular weight is 353 g/mol. The van der Waals surface area contributed by atoms with Gasteiger partial charge in [-0.3, -0.25) is 4.99 Å². The first-order valence-electron chi connectivity index (χ1n) is 8.68. The molecule has 0 aliphatic carbocycles. The Morgan fingerprint density at radius 1 is 1.31 bits per heavy atom. The first kappa shape index (κ1) is 19.5. The number of allylic oxidation sites excluding steroid dienone is 1. The van der Waals surface area contributed by atoms with Crippen molar-refractivity contribution in [1.29, 1.82) is 0 Å². The maximum atomic E-state index is 12.1. The number of hydrogen-bond donors (Lipinski definition) is 1. The fourth-order valence-electron chi connectivity index (χ4n) is 2.56. The highest BCUT2D eigenvalue weighted by Crippen LogP contribution is 2.25. The molecule has 26 heavy (non-hydrogen) atoms. The van der Waals surface area contributed by atoms with Crippen LogP contribution in [-0.4, -0.2) is 35.9 Å². The van der Waals surface area contributed by atoms with Gasteiger partial charge in [0.1, 0.15) is 5.60 Å². The fourth-order valence-corrected chi connectivity index (χ4v) is 2.56. The summed E-state index contributed by atoms with van der Waals surface area (Å²) in [7, 11) is 0. The van der Waals surface area contributed by atoms with Crippen LogP contribution in [0.5, 0.6) is 0 Å². The van der Waals surface area contributed by atoms with Crippen LogP contribution in [0.4, 0.5) is 4.79 Å². The van der Waals surface area contributed by atoms with Crippen LogP contribution in [0.15, 0.2) is 54.2 Å². The summed E-state index contributed by atoms with van der Waals surface area (Å²) in [5.41, 5.74) is 8.83. The zero-order valence-corrected chi connectivity index (χ0v) is 15.7. The molecule has 1 aliphatic heterocycles. The number of aliphatic imine (C=N–C) groups is 1. The molecule has 0 fully saturated rings. The van der Waals surface area contributed by atoms with E-state index in [1.165, 1.54) is 11.8 Å². The number of amides is 1. The van der Waals surface area contributed by atoms with Gasteiger partial charge in [-0.15, -0.1) is 0 Å². The van der Waals surface area contributed by atoms with Crippen molar-refractivity contribution in [3.05, 3.63) is 60.3 Å². The maximum absolute atomic E-state index is 12.1. The van der Waals surface area contributed by atoms with E-state index < -0.39 is 5.60 Å². The summed E-state index contributed by atoms with van der Waals surface area (Å²) in [4.78, 5) is 18.1. The van der Waals surface area contributed by atoms with Crippen molar-refractivity contribution in [3.63, 3.8) is 0 Å². The van der Waals surface area contributed by atoms with Gasteiger partial charge in [0, 0.05) is 19.3 Å². The van der Waals surface area contributed by atoms with Crippen LogP contribution in [0, 0.1) is 0 Å². The molecule has 0 unspecified atom stereocenters. The predicted molar refractivity (Wildman–Crippen MR) is 108 cm³/mol. The van der Waals surface area contributed by atoms with Crippen molar-refractivity contribution >= 4 is 23.6 Å². The average Bonchev–Trinajstić information content (AvgIpc) is 2.61. The molecule has 1 aromatic rings. The van der Waals surface area contributed by atoms with Gasteiger partial charge in [-0.05, 0) is 56.2 Å². The summed E-state index contributed by atoms with van der Waals surface area (Å²) in [5, 5.41) is 0. The van der Waals surface area contributed by atoms with Crippen LogP contribution in [0.25, 0.3) is 11.3 Å². The molecule has 0 radical (unpaired) electrons. The van der Waals surface area contributed by atoms with Crippen molar-refractivity contribution in [3.8, 4) is 0 Å². The van der Waals surface area contributed by atoms with Gasteiger partial charge >= 0.3 is 6.09 Å². The summed E-state index contributed by atoms with van der Waals surface area (Å²) in [6.45, 7) is 10.8. The molecular weight excluding hydrogens is 326 g/mol. The molecule has 0 bridgehead atoms. The van der Waals surface area contributed by atoms with Gasteiger partial charge in [-0.1, -0.05) is 36.9 Å². The maximum Gasteiger partial charge on any atom is 0.410 e. The second kappa shape index (κ2) is 8.52. The zero-order valence-electron chi connectivity index (χ0n) is 15.7. The van der Waals surface area contributed by atoms with Crippen molar-refractivity contribution in [1.82, 2.24) is 4.90 Å². The minimum Gasteiger partial charge on any atom is -0.444 e. The van der Waals surface area contributed by atoms with Gasteiger partial charge in [0.25, 0.3) is 0 Å². The summed E-state index contributed by atoms with van der Waals surface area (Å²) < 4.78 is 5.42. The number of nitrogens with zero attached hydrogens (tertiary/aromatic N) is 2. The highest BCUT2D eigenvalue weighted by Gasteiger charge is 2.23. The second-order valence-corrected chi connectivity index (χ2v) is 7.09. The third kappa shape index (κ3) is 5.62. The molecule has 1 amide bonds. The van der Waals surface area contributed by atoms with Gasteiger partial charge in [0.05, 0.1) is 5.70 Å². The molecule has 0 saturated heterocycles. The second-order valence-electron chi connectivity index (χ2n) is 7.09. The molecule has 0 atom stereocenters. The molecule has 2 rings (SSSR count). The number of benzene rings is 1. The van der Waals surface area contributed by atoms with Gasteiger partial charge in [0.15, 0.2) is 0 Å². The van der Waals surface area contributed by atoms with Crippen molar-refractivity contribution in [2.24, 2.45) is 10.7 Å². The summed E-state index contributed by atoms with van der Waals surface area (Å²) in [5.74, 6) is 0. The molecule has 0 spiro atoms. The molecule has 1 aliphatic rings. The van der Waals surface area contributed by atoms with Crippen LogP contribution >= 0.6 is 0 Å². The van der Waals surface area contributed by atoms with E-state index in [1.54, 1.807) is 17.2 Å². The lowest BCUT2D eigenvalue weighted by Gasteiger charge is -2.29. The lowest BCUT2D eigenvalue weighted by Crippen LogP contribution is -2.39. The van der Waals surface area contributed by atoms with E-state index in [0.717, 1.165) is 17.5 Å². The van der Waals surface area contributed by atoms with E-state index in [0.29, 0.717) is 18.8 Å². The number of hydrogen-bond acceptors (Lipinski definition) is 4. The highest BCUT2D eigenvalue weighted by atomic mass is 16.6. The van der Waals surface area contributed by atoms with E-state index in [4.69, 9.17) is 10.5 Å². The first-order valence-corrected chi connectivity index (χ1v) is 8.68. The lowest BCUT2D eigenvalue weighted by molar-refractivity contribution is 0.0270. The Hall–Kier alpha value is -2.82. The fraction of sp³-hybridized carbons (Fsp3) is 0.333. The third-order valence-corrected chi connectivity index (χ3v) is 3.88. The lowest BCUT2D eigenvalue weighted by atomic mass is 9.98. The minimum atomic E-state index is -0.471. The first-order chi connectivity index (χ1) is 12.3. The summed E-state index contributed by atoms with van der Waals surface area (Å²) >= 11 is 0. The Morgan fingerprint density at radius 2 is 2.00 bits per heavy atom. The minimum absolute atomic E-state index is 0.260. The monoisotopic (exact) mass is 353 g/mol. The molecule has 0 saturated carbocycles. The molecule has 1 aromatic carbocycles.